The molecule has 5 nitrogen and oxygen atoms in total. The molecule has 0 radical (unpaired) electrons. The van der Waals surface area contributed by atoms with Crippen LogP contribution < -0.4 is 4.90 Å². The van der Waals surface area contributed by atoms with E-state index in [-0.39, 0.29) is 10.8 Å². The van der Waals surface area contributed by atoms with Gasteiger partial charge in [0.25, 0.3) is 0 Å². The molecule has 4 aromatic rings. The van der Waals surface area contributed by atoms with Crippen LogP contribution in [0.1, 0.15) is 51.7 Å². The zero-order chi connectivity index (χ0) is 23.8. The van der Waals surface area contributed by atoms with Gasteiger partial charge in [0.1, 0.15) is 0 Å². The fourth-order valence-electron chi connectivity index (χ4n) is 3.73. The summed E-state index contributed by atoms with van der Waals surface area (Å²) in [5, 5.41) is 4.90. The van der Waals surface area contributed by atoms with Gasteiger partial charge in [-0.2, -0.15) is 5.10 Å². The van der Waals surface area contributed by atoms with Crippen molar-refractivity contribution in [2.45, 2.75) is 45.4 Å². The molecule has 3 aromatic heterocycles. The molecule has 0 fully saturated rings. The largest absolute Gasteiger partial charge is 0.378 e. The second-order valence-electron chi connectivity index (χ2n) is 10.3. The zero-order valence-corrected chi connectivity index (χ0v) is 20.7. The molecule has 5 heteroatoms. The third kappa shape index (κ3) is 4.68. The van der Waals surface area contributed by atoms with Gasteiger partial charge in [0.05, 0.1) is 33.9 Å². The highest BCUT2D eigenvalue weighted by Gasteiger charge is 2.29. The third-order valence-electron chi connectivity index (χ3n) is 6.00. The van der Waals surface area contributed by atoms with Gasteiger partial charge >= 0.3 is 0 Å². The molecule has 33 heavy (non-hydrogen) atoms. The predicted octanol–water partition coefficient (Wildman–Crippen LogP) is 6.02. The fourth-order valence-corrected chi connectivity index (χ4v) is 3.73. The van der Waals surface area contributed by atoms with Crippen LogP contribution >= 0.6 is 0 Å². The van der Waals surface area contributed by atoms with Crippen molar-refractivity contribution < 1.29 is 0 Å². The number of hydrogen-bond donors (Lipinski definition) is 0. The Morgan fingerprint density at radius 3 is 2.06 bits per heavy atom. The number of pyridine rings is 2. The lowest BCUT2D eigenvalue weighted by molar-refractivity contribution is 0.569. The van der Waals surface area contributed by atoms with E-state index in [1.165, 1.54) is 0 Å². The quantitative estimate of drug-likeness (QED) is 0.381. The molecular weight excluding hydrogens is 406 g/mol. The summed E-state index contributed by atoms with van der Waals surface area (Å²) in [6, 6.07) is 22.7. The highest BCUT2D eigenvalue weighted by Crippen LogP contribution is 2.34. The van der Waals surface area contributed by atoms with Crippen LogP contribution in [0, 0.1) is 0 Å². The Balaban J connectivity index is 1.80. The number of rotatable bonds is 5. The lowest BCUT2D eigenvalue weighted by atomic mass is 9.84. The van der Waals surface area contributed by atoms with Gasteiger partial charge in [-0.1, -0.05) is 45.0 Å². The van der Waals surface area contributed by atoms with Gasteiger partial charge in [-0.3, -0.25) is 9.97 Å². The van der Waals surface area contributed by atoms with Gasteiger partial charge < -0.3 is 4.90 Å². The van der Waals surface area contributed by atoms with E-state index in [9.17, 15) is 0 Å². The maximum atomic E-state index is 5.10. The Morgan fingerprint density at radius 1 is 0.697 bits per heavy atom. The Morgan fingerprint density at radius 2 is 1.39 bits per heavy atom. The van der Waals surface area contributed by atoms with Crippen molar-refractivity contribution >= 4 is 5.69 Å². The smallest absolute Gasteiger partial charge is 0.0910 e. The van der Waals surface area contributed by atoms with E-state index in [0.717, 1.165) is 39.8 Å². The van der Waals surface area contributed by atoms with Crippen LogP contribution in [0.3, 0.4) is 0 Å². The summed E-state index contributed by atoms with van der Waals surface area (Å²) in [6.45, 7) is 10.9. The highest BCUT2D eigenvalue weighted by molar-refractivity contribution is 5.63. The monoisotopic (exact) mass is 439 g/mol. The van der Waals surface area contributed by atoms with Crippen LogP contribution in [-0.2, 0) is 10.8 Å². The van der Waals surface area contributed by atoms with E-state index in [1.807, 2.05) is 35.1 Å². The first-order chi connectivity index (χ1) is 15.6. The van der Waals surface area contributed by atoms with Crippen LogP contribution in [0.2, 0.25) is 0 Å². The molecule has 3 heterocycles. The molecule has 0 bridgehead atoms. The molecule has 4 rings (SSSR count). The second kappa shape index (κ2) is 8.47. The molecule has 0 aliphatic rings. The van der Waals surface area contributed by atoms with Gasteiger partial charge in [-0.05, 0) is 56.3 Å². The van der Waals surface area contributed by atoms with E-state index >= 15 is 0 Å². The number of para-hydroxylation sites is 1. The van der Waals surface area contributed by atoms with Crippen molar-refractivity contribution in [2.24, 2.45) is 0 Å². The van der Waals surface area contributed by atoms with E-state index in [2.05, 4.69) is 96.1 Å². The summed E-state index contributed by atoms with van der Waals surface area (Å²) in [7, 11) is 4.11. The molecule has 170 valence electrons. The summed E-state index contributed by atoms with van der Waals surface area (Å²) < 4.78 is 1.92. The second-order valence-corrected chi connectivity index (χ2v) is 10.3. The minimum absolute atomic E-state index is 0.0262. The molecular formula is C28H33N5. The number of nitrogens with zero attached hydrogens (tertiary/aromatic N) is 5. The van der Waals surface area contributed by atoms with Crippen molar-refractivity contribution in [3.05, 3.63) is 90.0 Å². The molecule has 0 N–H and O–H groups in total. The Labute approximate surface area is 197 Å². The highest BCUT2D eigenvalue weighted by atomic mass is 15.3. The molecule has 0 spiro atoms. The van der Waals surface area contributed by atoms with Crippen LogP contribution in [0.4, 0.5) is 5.69 Å². The topological polar surface area (TPSA) is 46.8 Å². The Kier molecular flexibility index (Phi) is 5.83. The van der Waals surface area contributed by atoms with Crippen LogP contribution in [0.5, 0.6) is 0 Å². The first kappa shape index (κ1) is 22.7. The van der Waals surface area contributed by atoms with Crippen LogP contribution in [0.25, 0.3) is 17.1 Å². The van der Waals surface area contributed by atoms with Crippen molar-refractivity contribution in [3.8, 4) is 17.1 Å². The molecule has 0 atom stereocenters. The number of aromatic nitrogens is 4. The lowest BCUT2D eigenvalue weighted by Crippen LogP contribution is -2.23. The normalized spacial score (nSPS) is 12.1. The zero-order valence-electron chi connectivity index (χ0n) is 20.7. The van der Waals surface area contributed by atoms with Gasteiger partial charge in [-0.15, -0.1) is 0 Å². The first-order valence-electron chi connectivity index (χ1n) is 11.3. The molecule has 0 amide bonds. The predicted molar refractivity (Wildman–Crippen MR) is 136 cm³/mol. The number of anilines is 1. The minimum atomic E-state index is -0.386. The molecule has 1 aromatic carbocycles. The molecule has 0 unspecified atom stereocenters. The Hall–Kier alpha value is -3.47. The fraction of sp³-hybridized carbons (Fsp3) is 0.321. The number of benzene rings is 1. The van der Waals surface area contributed by atoms with E-state index in [4.69, 9.17) is 15.1 Å². The van der Waals surface area contributed by atoms with E-state index < -0.39 is 0 Å². The third-order valence-corrected chi connectivity index (χ3v) is 6.00. The summed E-state index contributed by atoms with van der Waals surface area (Å²) in [5.41, 5.74) is 6.47. The average Bonchev–Trinajstić information content (AvgIpc) is 3.30. The maximum absolute atomic E-state index is 5.10. The lowest BCUT2D eigenvalue weighted by Gasteiger charge is -2.25. The van der Waals surface area contributed by atoms with Gasteiger partial charge in [0.2, 0.25) is 0 Å². The summed E-state index contributed by atoms with van der Waals surface area (Å²) in [4.78, 5) is 12.2. The SMILES string of the molecule is CN(C)c1cc(-c2cccc(C(C)(C)C)n2)nc(C(C)(C)c2ccn(-c3ccccc3)n2)c1. The minimum Gasteiger partial charge on any atom is -0.378 e. The van der Waals surface area contributed by atoms with Gasteiger partial charge in [0.15, 0.2) is 0 Å². The summed E-state index contributed by atoms with van der Waals surface area (Å²) in [5.74, 6) is 0. The first-order valence-corrected chi connectivity index (χ1v) is 11.3. The van der Waals surface area contributed by atoms with Gasteiger partial charge in [-0.25, -0.2) is 4.68 Å². The molecule has 0 aliphatic carbocycles. The molecule has 0 saturated heterocycles. The van der Waals surface area contributed by atoms with Crippen molar-refractivity contribution in [1.82, 2.24) is 19.7 Å². The standard InChI is InChI=1S/C28H33N5/c1-27(2,3)24-15-11-14-22(29-24)23-18-21(32(6)7)19-26(30-23)28(4,5)25-16-17-33(31-25)20-12-9-8-10-13-20/h8-19H,1-7H3. The summed E-state index contributed by atoms with van der Waals surface area (Å²) >= 11 is 0. The maximum Gasteiger partial charge on any atom is 0.0910 e. The van der Waals surface area contributed by atoms with Crippen molar-refractivity contribution in [1.29, 1.82) is 0 Å². The van der Waals surface area contributed by atoms with E-state index in [1.54, 1.807) is 0 Å². The average molecular weight is 440 g/mol. The van der Waals surface area contributed by atoms with Crippen LogP contribution in [-0.4, -0.2) is 33.8 Å². The van der Waals surface area contributed by atoms with Crippen molar-refractivity contribution in [3.63, 3.8) is 0 Å². The van der Waals surface area contributed by atoms with Gasteiger partial charge in [0, 0.05) is 37.1 Å². The Bertz CT molecular complexity index is 1250. The van der Waals surface area contributed by atoms with Crippen LogP contribution in [0.15, 0.2) is 72.9 Å². The van der Waals surface area contributed by atoms with E-state index in [0.29, 0.717) is 0 Å². The summed E-state index contributed by atoms with van der Waals surface area (Å²) in [6.07, 6.45) is 2.01. The van der Waals surface area contributed by atoms with Crippen molar-refractivity contribution in [2.75, 3.05) is 19.0 Å². The molecule has 0 saturated carbocycles. The number of hydrogen-bond acceptors (Lipinski definition) is 4. The molecule has 0 aliphatic heterocycles.